The maximum Gasteiger partial charge on any atom is 0.200 e. The molecular formula is C43H26N2O3S. The molecule has 0 amide bonds. The predicted molar refractivity (Wildman–Crippen MR) is 199 cm³/mol. The van der Waals surface area contributed by atoms with E-state index < -0.39 is 0 Å². The number of anilines is 6. The van der Waals surface area contributed by atoms with Gasteiger partial charge < -0.3 is 19.0 Å². The lowest BCUT2D eigenvalue weighted by atomic mass is 10.0. The zero-order chi connectivity index (χ0) is 32.5. The number of hydrogen-bond acceptors (Lipinski definition) is 6. The molecule has 0 N–H and O–H groups in total. The van der Waals surface area contributed by atoms with Crippen LogP contribution < -0.4 is 20.0 Å². The molecule has 0 saturated heterocycles. The van der Waals surface area contributed by atoms with Crippen LogP contribution >= 0.6 is 11.8 Å². The summed E-state index contributed by atoms with van der Waals surface area (Å²) in [7, 11) is 0. The Kier molecular flexibility index (Phi) is 6.19. The van der Waals surface area contributed by atoms with Crippen LogP contribution in [0.1, 0.15) is 0 Å². The van der Waals surface area contributed by atoms with Crippen LogP contribution in [0.15, 0.2) is 177 Å². The monoisotopic (exact) mass is 650 g/mol. The van der Waals surface area contributed by atoms with Crippen molar-refractivity contribution in [3.8, 4) is 22.6 Å². The first kappa shape index (κ1) is 27.8. The van der Waals surface area contributed by atoms with Gasteiger partial charge in [0.1, 0.15) is 11.2 Å². The van der Waals surface area contributed by atoms with E-state index in [1.54, 1.807) is 11.8 Å². The van der Waals surface area contributed by atoms with Crippen molar-refractivity contribution in [1.29, 1.82) is 0 Å². The van der Waals surface area contributed by atoms with Crippen molar-refractivity contribution in [2.75, 3.05) is 9.80 Å². The quantitative estimate of drug-likeness (QED) is 0.177. The lowest BCUT2D eigenvalue weighted by Crippen LogP contribution is -2.18. The number of benzene rings is 7. The molecule has 2 aliphatic rings. The highest BCUT2D eigenvalue weighted by Crippen LogP contribution is 2.56. The lowest BCUT2D eigenvalue weighted by Gasteiger charge is -2.36. The van der Waals surface area contributed by atoms with Crippen molar-refractivity contribution in [2.24, 2.45) is 0 Å². The first-order valence-corrected chi connectivity index (χ1v) is 16.9. The Morgan fingerprint density at radius 2 is 1.10 bits per heavy atom. The van der Waals surface area contributed by atoms with Crippen LogP contribution in [0.2, 0.25) is 0 Å². The van der Waals surface area contributed by atoms with Gasteiger partial charge in [0.25, 0.3) is 0 Å². The van der Waals surface area contributed by atoms with Crippen molar-refractivity contribution in [3.05, 3.63) is 168 Å². The Morgan fingerprint density at radius 3 is 1.92 bits per heavy atom. The summed E-state index contributed by atoms with van der Waals surface area (Å²) in [6, 6.07) is 53.4. The summed E-state index contributed by atoms with van der Waals surface area (Å²) in [6.45, 7) is 0. The van der Waals surface area contributed by atoms with Crippen molar-refractivity contribution >= 4 is 67.8 Å². The van der Waals surface area contributed by atoms with E-state index in [0.717, 1.165) is 66.5 Å². The third-order valence-electron chi connectivity index (χ3n) is 9.22. The molecule has 0 spiro atoms. The Morgan fingerprint density at radius 1 is 0.449 bits per heavy atom. The van der Waals surface area contributed by atoms with Gasteiger partial charge in [-0.25, -0.2) is 0 Å². The average molecular weight is 651 g/mol. The van der Waals surface area contributed by atoms with E-state index in [2.05, 4.69) is 82.6 Å². The first-order valence-electron chi connectivity index (χ1n) is 16.1. The molecule has 0 bridgehead atoms. The number of ether oxygens (including phenoxy) is 1. The molecule has 8 aromatic rings. The molecule has 0 aliphatic carbocycles. The summed E-state index contributed by atoms with van der Waals surface area (Å²) < 4.78 is 12.4. The Balaban J connectivity index is 1.10. The molecule has 0 radical (unpaired) electrons. The van der Waals surface area contributed by atoms with Gasteiger partial charge in [-0.2, -0.15) is 0 Å². The summed E-state index contributed by atoms with van der Waals surface area (Å²) in [5.74, 6) is 1.65. The molecule has 5 nitrogen and oxygen atoms in total. The molecule has 6 heteroatoms. The average Bonchev–Trinajstić information content (AvgIpc) is 3.16. The van der Waals surface area contributed by atoms with Crippen molar-refractivity contribution in [3.63, 3.8) is 0 Å². The molecule has 3 heterocycles. The first-order chi connectivity index (χ1) is 24.2. The number of para-hydroxylation sites is 6. The van der Waals surface area contributed by atoms with E-state index in [4.69, 9.17) is 9.15 Å². The highest BCUT2D eigenvalue weighted by molar-refractivity contribution is 7.99. The molecule has 0 saturated carbocycles. The molecule has 1 aromatic heterocycles. The van der Waals surface area contributed by atoms with Gasteiger partial charge >= 0.3 is 0 Å². The zero-order valence-electron chi connectivity index (χ0n) is 26.0. The van der Waals surface area contributed by atoms with Crippen LogP contribution in [0, 0.1) is 0 Å². The molecule has 0 fully saturated rings. The minimum absolute atomic E-state index is 0.0171. The molecule has 2 aliphatic heterocycles. The number of fused-ring (bicyclic) bond motifs is 6. The molecular weight excluding hydrogens is 625 g/mol. The van der Waals surface area contributed by atoms with E-state index in [-0.39, 0.29) is 5.43 Å². The van der Waals surface area contributed by atoms with Crippen LogP contribution in [0.3, 0.4) is 0 Å². The van der Waals surface area contributed by atoms with Gasteiger partial charge in [-0.1, -0.05) is 78.5 Å². The second-order valence-electron chi connectivity index (χ2n) is 12.1. The minimum Gasteiger partial charge on any atom is -0.456 e. The summed E-state index contributed by atoms with van der Waals surface area (Å²) in [4.78, 5) is 20.3. The standard InChI is InChI=1S/C43H26N2O3S/c46-43-31-12-4-7-15-37(31)47-38-22-19-27(24-32(38)43)28-18-21-35-42(25-28)49-41-23-20-30(26-36(41)44(35)29-10-2-1-3-11-29)45-33-13-5-8-16-39(33)48-40-17-9-6-14-34(40)45/h1-26H. The van der Waals surface area contributed by atoms with Crippen LogP contribution in [0.4, 0.5) is 34.1 Å². The zero-order valence-corrected chi connectivity index (χ0v) is 26.9. The van der Waals surface area contributed by atoms with Gasteiger partial charge in [0.2, 0.25) is 5.43 Å². The van der Waals surface area contributed by atoms with E-state index in [9.17, 15) is 4.79 Å². The van der Waals surface area contributed by atoms with Gasteiger partial charge in [0, 0.05) is 21.2 Å². The highest BCUT2D eigenvalue weighted by atomic mass is 32.2. The second-order valence-corrected chi connectivity index (χ2v) is 13.2. The maximum absolute atomic E-state index is 13.4. The number of nitrogens with zero attached hydrogens (tertiary/aromatic N) is 2. The van der Waals surface area contributed by atoms with Crippen LogP contribution in [0.25, 0.3) is 33.1 Å². The fourth-order valence-electron chi connectivity index (χ4n) is 6.94. The maximum atomic E-state index is 13.4. The van der Waals surface area contributed by atoms with E-state index in [1.165, 1.54) is 0 Å². The molecule has 0 atom stereocenters. The van der Waals surface area contributed by atoms with E-state index >= 15 is 0 Å². The molecule has 0 unspecified atom stereocenters. The Hall–Kier alpha value is -6.24. The van der Waals surface area contributed by atoms with E-state index in [0.29, 0.717) is 21.9 Å². The summed E-state index contributed by atoms with van der Waals surface area (Å²) >= 11 is 1.76. The van der Waals surface area contributed by atoms with Crippen LogP contribution in [-0.4, -0.2) is 0 Å². The topological polar surface area (TPSA) is 45.9 Å². The molecule has 232 valence electrons. The van der Waals surface area contributed by atoms with Crippen LogP contribution in [-0.2, 0) is 0 Å². The minimum atomic E-state index is -0.0171. The third kappa shape index (κ3) is 4.45. The Labute approximate surface area is 286 Å². The Bertz CT molecular complexity index is 2620. The van der Waals surface area contributed by atoms with Gasteiger partial charge in [0.05, 0.1) is 33.5 Å². The summed E-state index contributed by atoms with van der Waals surface area (Å²) in [5.41, 5.74) is 9.50. The lowest BCUT2D eigenvalue weighted by molar-refractivity contribution is 0.477. The number of rotatable bonds is 3. The van der Waals surface area contributed by atoms with Gasteiger partial charge in [-0.15, -0.1) is 0 Å². The fraction of sp³-hybridized carbons (Fsp3) is 0. The second kappa shape index (κ2) is 10.9. The van der Waals surface area contributed by atoms with Gasteiger partial charge in [-0.05, 0) is 102 Å². The van der Waals surface area contributed by atoms with Crippen molar-refractivity contribution in [1.82, 2.24) is 0 Å². The van der Waals surface area contributed by atoms with Crippen molar-refractivity contribution < 1.29 is 9.15 Å². The van der Waals surface area contributed by atoms with Crippen molar-refractivity contribution in [2.45, 2.75) is 9.79 Å². The predicted octanol–water partition coefficient (Wildman–Crippen LogP) is 12.1. The largest absolute Gasteiger partial charge is 0.456 e. The third-order valence-corrected chi connectivity index (χ3v) is 10.3. The van der Waals surface area contributed by atoms with E-state index in [1.807, 2.05) is 84.9 Å². The fourth-order valence-corrected chi connectivity index (χ4v) is 8.01. The molecule has 7 aromatic carbocycles. The summed E-state index contributed by atoms with van der Waals surface area (Å²) in [5, 5.41) is 1.17. The molecule has 49 heavy (non-hydrogen) atoms. The SMILES string of the molecule is O=c1c2ccccc2oc2ccc(-c3ccc4c(c3)Sc3ccc(N5c6ccccc6Oc6ccccc65)cc3N4c3ccccc3)cc12. The van der Waals surface area contributed by atoms with Crippen LogP contribution in [0.5, 0.6) is 11.5 Å². The smallest absolute Gasteiger partial charge is 0.200 e. The number of hydrogen-bond donors (Lipinski definition) is 0. The van der Waals surface area contributed by atoms with Gasteiger partial charge in [0.15, 0.2) is 11.5 Å². The summed E-state index contributed by atoms with van der Waals surface area (Å²) in [6.07, 6.45) is 0. The highest BCUT2D eigenvalue weighted by Gasteiger charge is 2.30. The molecule has 10 rings (SSSR count). The van der Waals surface area contributed by atoms with Gasteiger partial charge in [-0.3, -0.25) is 4.79 Å². The normalized spacial score (nSPS) is 13.0.